The molecule has 1 aromatic rings. The number of hydrogen-bond acceptors (Lipinski definition) is 3. The number of benzene rings is 1. The highest BCUT2D eigenvalue weighted by Gasteiger charge is 2.36. The predicted octanol–water partition coefficient (Wildman–Crippen LogP) is 2.07. The third kappa shape index (κ3) is 2.98. The van der Waals surface area contributed by atoms with Crippen molar-refractivity contribution in [2.75, 3.05) is 26.3 Å². The molecule has 2 fully saturated rings. The number of amides is 1. The smallest absolute Gasteiger partial charge is 0.246 e. The molecule has 2 heterocycles. The standard InChI is InChI=1S/C17H18N2O2/c18-9-14-4-2-1-3-13(14)5-6-17(20)19-10-16(11-19)15-7-8-21-12-15/h1-6,15-16H,7-8,10-12H2/b6-5+. The van der Waals surface area contributed by atoms with Crippen LogP contribution in [0.2, 0.25) is 0 Å². The summed E-state index contributed by atoms with van der Waals surface area (Å²) >= 11 is 0. The lowest BCUT2D eigenvalue weighted by Crippen LogP contribution is -2.52. The molecule has 1 unspecified atom stereocenters. The van der Waals surface area contributed by atoms with E-state index in [1.54, 1.807) is 18.2 Å². The lowest BCUT2D eigenvalue weighted by Gasteiger charge is -2.41. The molecule has 0 radical (unpaired) electrons. The minimum atomic E-state index is 0.0258. The average molecular weight is 282 g/mol. The van der Waals surface area contributed by atoms with E-state index >= 15 is 0 Å². The first kappa shape index (κ1) is 13.8. The van der Waals surface area contributed by atoms with Crippen molar-refractivity contribution < 1.29 is 9.53 Å². The summed E-state index contributed by atoms with van der Waals surface area (Å²) in [5, 5.41) is 9.02. The van der Waals surface area contributed by atoms with Gasteiger partial charge in [0.25, 0.3) is 0 Å². The Bertz CT molecular complexity index is 591. The minimum absolute atomic E-state index is 0.0258. The maximum absolute atomic E-state index is 12.1. The van der Waals surface area contributed by atoms with E-state index in [4.69, 9.17) is 10.00 Å². The fourth-order valence-electron chi connectivity index (χ4n) is 2.93. The van der Waals surface area contributed by atoms with Crippen molar-refractivity contribution in [3.05, 3.63) is 41.5 Å². The molecule has 1 amide bonds. The third-order valence-electron chi connectivity index (χ3n) is 4.34. The molecule has 0 aromatic heterocycles. The van der Waals surface area contributed by atoms with Crippen molar-refractivity contribution in [3.8, 4) is 6.07 Å². The average Bonchev–Trinajstić information content (AvgIpc) is 2.97. The van der Waals surface area contributed by atoms with Crippen molar-refractivity contribution in [2.45, 2.75) is 6.42 Å². The summed E-state index contributed by atoms with van der Waals surface area (Å²) in [7, 11) is 0. The Morgan fingerprint density at radius 1 is 1.33 bits per heavy atom. The van der Waals surface area contributed by atoms with Gasteiger partial charge in [-0.25, -0.2) is 0 Å². The summed E-state index contributed by atoms with van der Waals surface area (Å²) in [6.07, 6.45) is 4.42. The highest BCUT2D eigenvalue weighted by Crippen LogP contribution is 2.30. The molecule has 0 aliphatic carbocycles. The third-order valence-corrected chi connectivity index (χ3v) is 4.34. The first-order valence-corrected chi connectivity index (χ1v) is 7.32. The zero-order valence-electron chi connectivity index (χ0n) is 11.9. The van der Waals surface area contributed by atoms with Crippen molar-refractivity contribution in [1.29, 1.82) is 5.26 Å². The normalized spacial score (nSPS) is 22.2. The van der Waals surface area contributed by atoms with E-state index < -0.39 is 0 Å². The monoisotopic (exact) mass is 282 g/mol. The largest absolute Gasteiger partial charge is 0.381 e. The first-order valence-electron chi connectivity index (χ1n) is 7.32. The Labute approximate surface area is 124 Å². The van der Waals surface area contributed by atoms with Crippen LogP contribution in [0.25, 0.3) is 6.08 Å². The molecule has 0 spiro atoms. The Morgan fingerprint density at radius 2 is 2.14 bits per heavy atom. The van der Waals surface area contributed by atoms with Crippen LogP contribution < -0.4 is 0 Å². The molecule has 4 heteroatoms. The maximum Gasteiger partial charge on any atom is 0.246 e. The molecule has 3 rings (SSSR count). The second-order valence-electron chi connectivity index (χ2n) is 5.66. The van der Waals surface area contributed by atoms with Crippen LogP contribution in [0, 0.1) is 23.2 Å². The van der Waals surface area contributed by atoms with Crippen LogP contribution >= 0.6 is 0 Å². The van der Waals surface area contributed by atoms with Crippen LogP contribution in [-0.4, -0.2) is 37.1 Å². The Balaban J connectivity index is 1.55. The van der Waals surface area contributed by atoms with Gasteiger partial charge in [-0.1, -0.05) is 18.2 Å². The van der Waals surface area contributed by atoms with Crippen molar-refractivity contribution in [2.24, 2.45) is 11.8 Å². The van der Waals surface area contributed by atoms with Crippen molar-refractivity contribution >= 4 is 12.0 Å². The number of carbonyl (C=O) groups is 1. The van der Waals surface area contributed by atoms with Gasteiger partial charge in [0.15, 0.2) is 0 Å². The molecule has 2 saturated heterocycles. The van der Waals surface area contributed by atoms with Crippen LogP contribution in [0.1, 0.15) is 17.5 Å². The molecular weight excluding hydrogens is 264 g/mol. The highest BCUT2D eigenvalue weighted by atomic mass is 16.5. The molecule has 108 valence electrons. The number of rotatable bonds is 3. The number of nitriles is 1. The lowest BCUT2D eigenvalue weighted by atomic mass is 9.85. The van der Waals surface area contributed by atoms with Crippen LogP contribution in [0.15, 0.2) is 30.3 Å². The number of ether oxygens (including phenoxy) is 1. The number of carbonyl (C=O) groups excluding carboxylic acids is 1. The summed E-state index contributed by atoms with van der Waals surface area (Å²) < 4.78 is 5.39. The molecule has 1 atom stereocenters. The summed E-state index contributed by atoms with van der Waals surface area (Å²) in [4.78, 5) is 13.9. The molecule has 0 bridgehead atoms. The fraction of sp³-hybridized carbons (Fsp3) is 0.412. The van der Waals surface area contributed by atoms with Gasteiger partial charge < -0.3 is 9.64 Å². The molecule has 2 aliphatic rings. The number of hydrogen-bond donors (Lipinski definition) is 0. The molecule has 0 saturated carbocycles. The van der Waals surface area contributed by atoms with Crippen molar-refractivity contribution in [1.82, 2.24) is 4.90 Å². The summed E-state index contributed by atoms with van der Waals surface area (Å²) in [5.41, 5.74) is 1.38. The van der Waals surface area contributed by atoms with E-state index in [1.165, 1.54) is 0 Å². The van der Waals surface area contributed by atoms with Gasteiger partial charge in [0.1, 0.15) is 0 Å². The van der Waals surface area contributed by atoms with E-state index in [1.807, 2.05) is 23.1 Å². The predicted molar refractivity (Wildman–Crippen MR) is 79.2 cm³/mol. The Hall–Kier alpha value is -2.12. The van der Waals surface area contributed by atoms with E-state index in [0.29, 0.717) is 17.4 Å². The second kappa shape index (κ2) is 6.11. The van der Waals surface area contributed by atoms with Crippen LogP contribution in [0.3, 0.4) is 0 Å². The lowest BCUT2D eigenvalue weighted by molar-refractivity contribution is -0.133. The van der Waals surface area contributed by atoms with Gasteiger partial charge in [-0.05, 0) is 36.0 Å². The highest BCUT2D eigenvalue weighted by molar-refractivity contribution is 5.92. The summed E-state index contributed by atoms with van der Waals surface area (Å²) in [6.45, 7) is 3.37. The maximum atomic E-state index is 12.1. The molecule has 4 nitrogen and oxygen atoms in total. The van der Waals surface area contributed by atoms with Crippen LogP contribution in [0.4, 0.5) is 0 Å². The number of nitrogens with zero attached hydrogens (tertiary/aromatic N) is 2. The summed E-state index contributed by atoms with van der Waals surface area (Å²) in [5.74, 6) is 1.24. The quantitative estimate of drug-likeness (QED) is 0.797. The fourth-order valence-corrected chi connectivity index (χ4v) is 2.93. The van der Waals surface area contributed by atoms with E-state index in [2.05, 4.69) is 6.07 Å². The molecule has 21 heavy (non-hydrogen) atoms. The zero-order chi connectivity index (χ0) is 14.7. The van der Waals surface area contributed by atoms with Gasteiger partial charge in [0, 0.05) is 32.4 Å². The van der Waals surface area contributed by atoms with Gasteiger partial charge in [-0.15, -0.1) is 0 Å². The second-order valence-corrected chi connectivity index (χ2v) is 5.66. The molecule has 1 aromatic carbocycles. The topological polar surface area (TPSA) is 53.3 Å². The van der Waals surface area contributed by atoms with Gasteiger partial charge in [0.2, 0.25) is 5.91 Å². The van der Waals surface area contributed by atoms with Gasteiger partial charge in [0.05, 0.1) is 11.6 Å². The van der Waals surface area contributed by atoms with Gasteiger partial charge >= 0.3 is 0 Å². The molecular formula is C17H18N2O2. The minimum Gasteiger partial charge on any atom is -0.381 e. The van der Waals surface area contributed by atoms with Gasteiger partial charge in [-0.3, -0.25) is 4.79 Å². The van der Waals surface area contributed by atoms with Gasteiger partial charge in [-0.2, -0.15) is 5.26 Å². The zero-order valence-corrected chi connectivity index (χ0v) is 11.9. The van der Waals surface area contributed by atoms with Crippen LogP contribution in [-0.2, 0) is 9.53 Å². The van der Waals surface area contributed by atoms with E-state index in [0.717, 1.165) is 38.3 Å². The molecule has 2 aliphatic heterocycles. The summed E-state index contributed by atoms with van der Waals surface area (Å²) in [6, 6.07) is 9.42. The Morgan fingerprint density at radius 3 is 2.86 bits per heavy atom. The first-order chi connectivity index (χ1) is 10.3. The van der Waals surface area contributed by atoms with Crippen LogP contribution in [0.5, 0.6) is 0 Å². The Kier molecular flexibility index (Phi) is 4.03. The SMILES string of the molecule is N#Cc1ccccc1/C=C/C(=O)N1CC(C2CCOC2)C1. The van der Waals surface area contributed by atoms with E-state index in [9.17, 15) is 4.79 Å². The molecule has 0 N–H and O–H groups in total. The van der Waals surface area contributed by atoms with E-state index in [-0.39, 0.29) is 5.91 Å². The number of likely N-dealkylation sites (tertiary alicyclic amines) is 1. The van der Waals surface area contributed by atoms with Crippen molar-refractivity contribution in [3.63, 3.8) is 0 Å².